The van der Waals surface area contributed by atoms with Crippen molar-refractivity contribution in [1.29, 1.82) is 5.41 Å². The van der Waals surface area contributed by atoms with E-state index in [0.717, 1.165) is 70.2 Å². The van der Waals surface area contributed by atoms with Crippen molar-refractivity contribution in [3.63, 3.8) is 0 Å². The van der Waals surface area contributed by atoms with Crippen molar-refractivity contribution in [1.82, 2.24) is 15.1 Å². The number of benzene rings is 1. The van der Waals surface area contributed by atoms with E-state index in [1.165, 1.54) is 29.5 Å². The molecule has 0 spiro atoms. The molecule has 4 N–H and O–H groups in total. The van der Waals surface area contributed by atoms with Crippen LogP contribution in [0.5, 0.6) is 0 Å². The first-order valence-electron chi connectivity index (χ1n) is 14.6. The van der Waals surface area contributed by atoms with Gasteiger partial charge in [-0.2, -0.15) is 0 Å². The highest BCUT2D eigenvalue weighted by molar-refractivity contribution is 5.79. The summed E-state index contributed by atoms with van der Waals surface area (Å²) in [5.41, 5.74) is 10.7. The Morgan fingerprint density at radius 3 is 2.24 bits per heavy atom. The number of allylic oxidation sites excluding steroid dienone is 1. The Labute approximate surface area is 234 Å². The van der Waals surface area contributed by atoms with Crippen LogP contribution in [0.1, 0.15) is 77.5 Å². The van der Waals surface area contributed by atoms with E-state index in [9.17, 15) is 0 Å². The highest BCUT2D eigenvalue weighted by atomic mass is 16.5. The molecule has 1 saturated heterocycles. The summed E-state index contributed by atoms with van der Waals surface area (Å²) in [5, 5.41) is 10.2. The van der Waals surface area contributed by atoms with Crippen molar-refractivity contribution in [2.45, 2.75) is 80.8 Å². The third kappa shape index (κ3) is 15.2. The number of aryl methyl sites for hydroxylation is 2. The van der Waals surface area contributed by atoms with Gasteiger partial charge in [0, 0.05) is 50.7 Å². The predicted octanol–water partition coefficient (Wildman–Crippen LogP) is 5.81. The molecule has 0 amide bonds. The van der Waals surface area contributed by atoms with Crippen LogP contribution in [0.3, 0.4) is 0 Å². The second-order valence-electron chi connectivity index (χ2n) is 9.27. The van der Waals surface area contributed by atoms with E-state index in [1.54, 1.807) is 0 Å². The first-order valence-corrected chi connectivity index (χ1v) is 14.6. The molecular formula is C31H57N5O2. The molecule has 1 fully saturated rings. The monoisotopic (exact) mass is 531 g/mol. The fourth-order valence-corrected chi connectivity index (χ4v) is 3.83. The molecule has 0 saturated carbocycles. The second kappa shape index (κ2) is 22.6. The van der Waals surface area contributed by atoms with Crippen LogP contribution in [0, 0.1) is 19.3 Å². The Bertz CT molecular complexity index is 797. The van der Waals surface area contributed by atoms with Gasteiger partial charge in [0.1, 0.15) is 6.61 Å². The standard InChI is InChI=1S/C17H32N4O2.C9H11N.C3H8.C2H6/c1-3-5-21(6-4-2)15-13-16(18)19-17(14-15)23-12-9-20-7-10-22-11-8-20;1-7-3-4-8(2)9(5-7)6-10;1-3-2;1-2/h13-14,16,19H,3-12,18H2,1-2H3;3-6,10H,1-2H3;3H2,1-2H3;1-2H3. The zero-order valence-corrected chi connectivity index (χ0v) is 25.6. The van der Waals surface area contributed by atoms with Gasteiger partial charge in [-0.15, -0.1) is 0 Å². The van der Waals surface area contributed by atoms with Crippen LogP contribution < -0.4 is 11.1 Å². The van der Waals surface area contributed by atoms with Crippen molar-refractivity contribution in [3.8, 4) is 0 Å². The summed E-state index contributed by atoms with van der Waals surface area (Å²) < 4.78 is 11.3. The Balaban J connectivity index is 0.000000756. The molecule has 218 valence electrons. The average molecular weight is 532 g/mol. The summed E-state index contributed by atoms with van der Waals surface area (Å²) in [6.07, 6.45) is 8.85. The van der Waals surface area contributed by atoms with Gasteiger partial charge in [-0.1, -0.05) is 71.7 Å². The lowest BCUT2D eigenvalue weighted by Gasteiger charge is -2.31. The van der Waals surface area contributed by atoms with Crippen LogP contribution in [0.25, 0.3) is 0 Å². The molecule has 1 unspecified atom stereocenters. The highest BCUT2D eigenvalue weighted by Crippen LogP contribution is 2.15. The van der Waals surface area contributed by atoms with E-state index in [2.05, 4.69) is 61.0 Å². The molecule has 0 aliphatic carbocycles. The summed E-state index contributed by atoms with van der Waals surface area (Å²) in [6.45, 7) is 24.0. The number of dihydropyridines is 1. The average Bonchev–Trinajstić information content (AvgIpc) is 2.92. The fourth-order valence-electron chi connectivity index (χ4n) is 3.83. The smallest absolute Gasteiger partial charge is 0.190 e. The third-order valence-electron chi connectivity index (χ3n) is 5.65. The number of nitrogens with one attached hydrogen (secondary N) is 2. The van der Waals surface area contributed by atoms with Gasteiger partial charge in [-0.3, -0.25) is 4.90 Å². The molecule has 0 aromatic heterocycles. The maximum absolute atomic E-state index is 7.06. The largest absolute Gasteiger partial charge is 0.478 e. The molecule has 0 radical (unpaired) electrons. The number of hydrogen-bond donors (Lipinski definition) is 3. The van der Waals surface area contributed by atoms with Gasteiger partial charge in [0.2, 0.25) is 0 Å². The molecular weight excluding hydrogens is 474 g/mol. The second-order valence-corrected chi connectivity index (χ2v) is 9.27. The van der Waals surface area contributed by atoms with Crippen molar-refractivity contribution in [3.05, 3.63) is 58.6 Å². The number of morpholine rings is 1. The van der Waals surface area contributed by atoms with E-state index in [0.29, 0.717) is 6.61 Å². The minimum absolute atomic E-state index is 0.190. The number of hydrogen-bond acceptors (Lipinski definition) is 7. The number of nitrogens with zero attached hydrogens (tertiary/aromatic N) is 2. The van der Waals surface area contributed by atoms with Gasteiger partial charge < -0.3 is 30.8 Å². The van der Waals surface area contributed by atoms with Gasteiger partial charge in [0.15, 0.2) is 5.88 Å². The van der Waals surface area contributed by atoms with E-state index in [4.69, 9.17) is 20.6 Å². The quantitative estimate of drug-likeness (QED) is 0.330. The molecule has 2 aliphatic heterocycles. The zero-order chi connectivity index (χ0) is 28.8. The number of ether oxygens (including phenoxy) is 2. The van der Waals surface area contributed by atoms with E-state index < -0.39 is 0 Å². The minimum atomic E-state index is -0.190. The Hall–Kier alpha value is -2.35. The Kier molecular flexibility index (Phi) is 21.2. The van der Waals surface area contributed by atoms with Crippen LogP contribution in [-0.2, 0) is 9.47 Å². The molecule has 2 aliphatic rings. The van der Waals surface area contributed by atoms with E-state index in [1.807, 2.05) is 39.8 Å². The van der Waals surface area contributed by atoms with Gasteiger partial charge in [0.05, 0.1) is 19.4 Å². The highest BCUT2D eigenvalue weighted by Gasteiger charge is 2.17. The molecule has 1 aromatic rings. The first kappa shape index (κ1) is 35.6. The summed E-state index contributed by atoms with van der Waals surface area (Å²) in [5.74, 6) is 0.778. The molecule has 7 heteroatoms. The zero-order valence-electron chi connectivity index (χ0n) is 25.6. The Morgan fingerprint density at radius 2 is 1.71 bits per heavy atom. The maximum atomic E-state index is 7.06. The molecule has 38 heavy (non-hydrogen) atoms. The lowest BCUT2D eigenvalue weighted by Crippen LogP contribution is -2.42. The maximum Gasteiger partial charge on any atom is 0.190 e. The van der Waals surface area contributed by atoms with Crippen molar-refractivity contribution in [2.75, 3.05) is 52.5 Å². The molecule has 0 bridgehead atoms. The van der Waals surface area contributed by atoms with Crippen LogP contribution in [0.4, 0.5) is 0 Å². The topological polar surface area (TPSA) is 86.8 Å². The predicted molar refractivity (Wildman–Crippen MR) is 164 cm³/mol. The minimum Gasteiger partial charge on any atom is -0.478 e. The summed E-state index contributed by atoms with van der Waals surface area (Å²) in [7, 11) is 0. The molecule has 1 atom stereocenters. The van der Waals surface area contributed by atoms with Gasteiger partial charge in [0.25, 0.3) is 0 Å². The van der Waals surface area contributed by atoms with Crippen LogP contribution in [0.2, 0.25) is 0 Å². The SMILES string of the molecule is CC.CCC.CCCN(CCC)C1=CC(N)NC(OCCN2CCOCC2)=C1.Cc1ccc(C)c(C=N)c1. The number of nitrogens with two attached hydrogens (primary N) is 1. The molecule has 2 heterocycles. The van der Waals surface area contributed by atoms with Crippen LogP contribution >= 0.6 is 0 Å². The Morgan fingerprint density at radius 1 is 1.11 bits per heavy atom. The normalized spacial score (nSPS) is 16.5. The van der Waals surface area contributed by atoms with Crippen LogP contribution in [0.15, 0.2) is 41.9 Å². The summed E-state index contributed by atoms with van der Waals surface area (Å²) in [6, 6.07) is 6.11. The number of rotatable bonds is 10. The molecule has 1 aromatic carbocycles. The first-order chi connectivity index (χ1) is 18.4. The van der Waals surface area contributed by atoms with Gasteiger partial charge >= 0.3 is 0 Å². The molecule has 7 nitrogen and oxygen atoms in total. The molecule has 3 rings (SSSR count). The lowest BCUT2D eigenvalue weighted by molar-refractivity contribution is 0.0261. The summed E-state index contributed by atoms with van der Waals surface area (Å²) in [4.78, 5) is 4.75. The lowest BCUT2D eigenvalue weighted by atomic mass is 10.1. The van der Waals surface area contributed by atoms with Gasteiger partial charge in [-0.05, 0) is 43.9 Å². The van der Waals surface area contributed by atoms with Crippen molar-refractivity contribution in [2.24, 2.45) is 5.73 Å². The fraction of sp³-hybridized carbons (Fsp3) is 0.645. The summed E-state index contributed by atoms with van der Waals surface area (Å²) >= 11 is 0. The van der Waals surface area contributed by atoms with E-state index >= 15 is 0 Å². The van der Waals surface area contributed by atoms with Crippen molar-refractivity contribution >= 4 is 6.21 Å². The van der Waals surface area contributed by atoms with Gasteiger partial charge in [-0.25, -0.2) is 0 Å². The third-order valence-corrected chi connectivity index (χ3v) is 5.65. The van der Waals surface area contributed by atoms with Crippen LogP contribution in [-0.4, -0.2) is 74.7 Å². The van der Waals surface area contributed by atoms with Crippen molar-refractivity contribution < 1.29 is 9.47 Å². The van der Waals surface area contributed by atoms with E-state index in [-0.39, 0.29) is 6.17 Å².